The molecule has 6 nitrogen and oxygen atoms in total. The molecule has 2 aromatic heterocycles. The van der Waals surface area contributed by atoms with Crippen LogP contribution in [-0.2, 0) is 13.6 Å². The van der Waals surface area contributed by atoms with Crippen LogP contribution in [0.15, 0.2) is 48.9 Å². The molecule has 0 radical (unpaired) electrons. The maximum absolute atomic E-state index is 13.1. The monoisotopic (exact) mass is 349 g/mol. The summed E-state index contributed by atoms with van der Waals surface area (Å²) in [5.74, 6) is 0.0324. The lowest BCUT2D eigenvalue weighted by Gasteiger charge is -2.22. The molecule has 0 N–H and O–H groups in total. The highest BCUT2D eigenvalue weighted by Gasteiger charge is 2.22. The van der Waals surface area contributed by atoms with Gasteiger partial charge >= 0.3 is 0 Å². The lowest BCUT2D eigenvalue weighted by atomic mass is 10.1. The van der Waals surface area contributed by atoms with Gasteiger partial charge in [-0.05, 0) is 17.9 Å². The number of hydrogen-bond donors (Lipinski definition) is 0. The van der Waals surface area contributed by atoms with Gasteiger partial charge in [0.15, 0.2) is 0 Å². The van der Waals surface area contributed by atoms with Gasteiger partial charge in [-0.15, -0.1) is 0 Å². The number of hydrogen-bond acceptors (Lipinski definition) is 4. The van der Waals surface area contributed by atoms with Crippen molar-refractivity contribution in [1.82, 2.24) is 24.6 Å². The molecule has 1 aliphatic heterocycles. The first-order valence-electron chi connectivity index (χ1n) is 9.03. The Balaban J connectivity index is 1.47. The third-order valence-corrected chi connectivity index (χ3v) is 4.92. The van der Waals surface area contributed by atoms with Crippen molar-refractivity contribution in [2.45, 2.75) is 13.0 Å². The summed E-state index contributed by atoms with van der Waals surface area (Å²) in [5.41, 5.74) is 1.77. The molecule has 0 spiro atoms. The molecule has 0 unspecified atom stereocenters. The first-order valence-corrected chi connectivity index (χ1v) is 9.03. The molecule has 1 saturated heterocycles. The summed E-state index contributed by atoms with van der Waals surface area (Å²) in [7, 11) is 1.93. The van der Waals surface area contributed by atoms with E-state index < -0.39 is 0 Å². The molecular formula is C20H23N5O. The van der Waals surface area contributed by atoms with Crippen LogP contribution in [0.1, 0.15) is 22.5 Å². The van der Waals surface area contributed by atoms with E-state index in [1.54, 1.807) is 6.20 Å². The quantitative estimate of drug-likeness (QED) is 0.728. The van der Waals surface area contributed by atoms with Gasteiger partial charge in [-0.2, -0.15) is 5.10 Å². The molecule has 6 heteroatoms. The zero-order valence-corrected chi connectivity index (χ0v) is 15.0. The van der Waals surface area contributed by atoms with Crippen molar-refractivity contribution in [1.29, 1.82) is 0 Å². The molecule has 1 fully saturated rings. The first kappa shape index (κ1) is 16.7. The summed E-state index contributed by atoms with van der Waals surface area (Å²) in [6.45, 7) is 4.23. The maximum atomic E-state index is 13.1. The second-order valence-electron chi connectivity index (χ2n) is 6.82. The molecule has 0 aliphatic carbocycles. The molecule has 26 heavy (non-hydrogen) atoms. The van der Waals surface area contributed by atoms with Crippen molar-refractivity contribution in [3.8, 4) is 0 Å². The summed E-state index contributed by atoms with van der Waals surface area (Å²) in [6, 6.07) is 9.88. The highest BCUT2D eigenvalue weighted by molar-refractivity contribution is 6.05. The third-order valence-electron chi connectivity index (χ3n) is 4.92. The van der Waals surface area contributed by atoms with Crippen molar-refractivity contribution in [2.24, 2.45) is 7.05 Å². The van der Waals surface area contributed by atoms with E-state index >= 15 is 0 Å². The van der Waals surface area contributed by atoms with Crippen molar-refractivity contribution < 1.29 is 4.79 Å². The second kappa shape index (κ2) is 7.25. The summed E-state index contributed by atoms with van der Waals surface area (Å²) < 4.78 is 1.83. The van der Waals surface area contributed by atoms with Gasteiger partial charge in [0.1, 0.15) is 5.69 Å². The van der Waals surface area contributed by atoms with Gasteiger partial charge < -0.3 is 4.90 Å². The fourth-order valence-electron chi connectivity index (χ4n) is 3.58. The van der Waals surface area contributed by atoms with Gasteiger partial charge in [-0.3, -0.25) is 19.4 Å². The Bertz CT molecular complexity index is 914. The van der Waals surface area contributed by atoms with E-state index in [0.717, 1.165) is 49.9 Å². The molecule has 1 aromatic carbocycles. The van der Waals surface area contributed by atoms with Gasteiger partial charge in [0.05, 0.1) is 6.20 Å². The molecule has 0 saturated carbocycles. The van der Waals surface area contributed by atoms with E-state index in [1.807, 2.05) is 59.4 Å². The lowest BCUT2D eigenvalue weighted by Crippen LogP contribution is -2.35. The highest BCUT2D eigenvalue weighted by Crippen LogP contribution is 2.19. The van der Waals surface area contributed by atoms with E-state index in [0.29, 0.717) is 5.69 Å². The predicted octanol–water partition coefficient (Wildman–Crippen LogP) is 2.32. The summed E-state index contributed by atoms with van der Waals surface area (Å²) >= 11 is 0. The molecule has 4 rings (SSSR count). The minimum Gasteiger partial charge on any atom is -0.336 e. The standard InChI is InChI=1S/C20H23N5O/c1-23-14-16(13-22-23)15-24-9-4-10-25(12-11-24)20(26)19-18-6-3-2-5-17(18)7-8-21-19/h2-3,5-8,13-14H,4,9-12,15H2,1H3. The Morgan fingerprint density at radius 3 is 2.85 bits per heavy atom. The summed E-state index contributed by atoms with van der Waals surface area (Å²) in [5, 5.41) is 6.22. The number of aryl methyl sites for hydroxylation is 1. The number of aromatic nitrogens is 3. The van der Waals surface area contributed by atoms with Gasteiger partial charge in [0, 0.05) is 63.1 Å². The van der Waals surface area contributed by atoms with Crippen LogP contribution in [0, 0.1) is 0 Å². The lowest BCUT2D eigenvalue weighted by molar-refractivity contribution is 0.0757. The zero-order chi connectivity index (χ0) is 17.9. The topological polar surface area (TPSA) is 54.3 Å². The highest BCUT2D eigenvalue weighted by atomic mass is 16.2. The Labute approximate surface area is 153 Å². The fraction of sp³-hybridized carbons (Fsp3) is 0.350. The Kier molecular flexibility index (Phi) is 4.67. The average molecular weight is 349 g/mol. The number of carbonyl (C=O) groups excluding carboxylic acids is 1. The Morgan fingerprint density at radius 2 is 2.00 bits per heavy atom. The molecular weight excluding hydrogens is 326 g/mol. The minimum atomic E-state index is 0.0324. The molecule has 1 amide bonds. The van der Waals surface area contributed by atoms with E-state index in [4.69, 9.17) is 0 Å². The zero-order valence-electron chi connectivity index (χ0n) is 15.0. The smallest absolute Gasteiger partial charge is 0.273 e. The van der Waals surface area contributed by atoms with Crippen LogP contribution in [0.2, 0.25) is 0 Å². The molecule has 0 bridgehead atoms. The Morgan fingerprint density at radius 1 is 1.12 bits per heavy atom. The Hall–Kier alpha value is -2.73. The largest absolute Gasteiger partial charge is 0.336 e. The van der Waals surface area contributed by atoms with Crippen LogP contribution in [-0.4, -0.2) is 56.7 Å². The predicted molar refractivity (Wildman–Crippen MR) is 101 cm³/mol. The molecule has 0 atom stereocenters. The number of fused-ring (bicyclic) bond motifs is 1. The van der Waals surface area contributed by atoms with Gasteiger partial charge in [0.25, 0.3) is 5.91 Å². The average Bonchev–Trinajstić information content (AvgIpc) is 2.93. The fourth-order valence-corrected chi connectivity index (χ4v) is 3.58. The van der Waals surface area contributed by atoms with Crippen LogP contribution >= 0.6 is 0 Å². The second-order valence-corrected chi connectivity index (χ2v) is 6.82. The van der Waals surface area contributed by atoms with Gasteiger partial charge in [-0.25, -0.2) is 0 Å². The minimum absolute atomic E-state index is 0.0324. The van der Waals surface area contributed by atoms with Crippen molar-refractivity contribution in [3.05, 3.63) is 60.2 Å². The molecule has 134 valence electrons. The molecule has 3 aromatic rings. The number of rotatable bonds is 3. The SMILES string of the molecule is Cn1cc(CN2CCCN(C(=O)c3nccc4ccccc34)CC2)cn1. The maximum Gasteiger partial charge on any atom is 0.273 e. The summed E-state index contributed by atoms with van der Waals surface area (Å²) in [6.07, 6.45) is 6.65. The van der Waals surface area contributed by atoms with Crippen LogP contribution in [0.3, 0.4) is 0 Å². The van der Waals surface area contributed by atoms with Crippen LogP contribution in [0.25, 0.3) is 10.8 Å². The van der Waals surface area contributed by atoms with Gasteiger partial charge in [-0.1, -0.05) is 24.3 Å². The van der Waals surface area contributed by atoms with Crippen molar-refractivity contribution in [3.63, 3.8) is 0 Å². The van der Waals surface area contributed by atoms with Crippen LogP contribution in [0.5, 0.6) is 0 Å². The normalized spacial score (nSPS) is 16.0. The van der Waals surface area contributed by atoms with Gasteiger partial charge in [0.2, 0.25) is 0 Å². The van der Waals surface area contributed by atoms with E-state index in [9.17, 15) is 4.79 Å². The number of benzene rings is 1. The number of carbonyl (C=O) groups is 1. The number of pyridine rings is 1. The number of amides is 1. The summed E-state index contributed by atoms with van der Waals surface area (Å²) in [4.78, 5) is 21.8. The number of nitrogens with zero attached hydrogens (tertiary/aromatic N) is 5. The third kappa shape index (κ3) is 3.46. The van der Waals surface area contributed by atoms with Crippen molar-refractivity contribution >= 4 is 16.7 Å². The first-order chi connectivity index (χ1) is 12.7. The van der Waals surface area contributed by atoms with E-state index in [2.05, 4.69) is 15.0 Å². The van der Waals surface area contributed by atoms with Crippen LogP contribution < -0.4 is 0 Å². The molecule has 3 heterocycles. The van der Waals surface area contributed by atoms with E-state index in [-0.39, 0.29) is 5.91 Å². The molecule has 1 aliphatic rings. The van der Waals surface area contributed by atoms with Crippen LogP contribution in [0.4, 0.5) is 0 Å². The van der Waals surface area contributed by atoms with E-state index in [1.165, 1.54) is 5.56 Å². The van der Waals surface area contributed by atoms with Crippen molar-refractivity contribution in [2.75, 3.05) is 26.2 Å².